The predicted molar refractivity (Wildman–Crippen MR) is 111 cm³/mol. The summed E-state index contributed by atoms with van der Waals surface area (Å²) in [5, 5.41) is 10.5. The zero-order valence-electron chi connectivity index (χ0n) is 15.2. The number of benzene rings is 2. The first-order valence-electron chi connectivity index (χ1n) is 9.17. The normalized spacial score (nSPS) is 16.4. The van der Waals surface area contributed by atoms with E-state index in [9.17, 15) is 9.18 Å². The fraction of sp³-hybridized carbons (Fsp3) is 0.238. The third-order valence-corrected chi connectivity index (χ3v) is 5.68. The Kier molecular flexibility index (Phi) is 5.43. The molecule has 0 aliphatic carbocycles. The summed E-state index contributed by atoms with van der Waals surface area (Å²) in [5.41, 5.74) is 2.71. The molecule has 3 aromatic rings. The van der Waals surface area contributed by atoms with Crippen molar-refractivity contribution in [1.82, 2.24) is 15.5 Å². The predicted octanol–water partition coefficient (Wildman–Crippen LogP) is 3.92. The van der Waals surface area contributed by atoms with Gasteiger partial charge in [-0.05, 0) is 47.9 Å². The van der Waals surface area contributed by atoms with E-state index in [4.69, 9.17) is 0 Å². The van der Waals surface area contributed by atoms with Crippen molar-refractivity contribution in [2.24, 2.45) is 0 Å². The molecule has 7 heteroatoms. The lowest BCUT2D eigenvalue weighted by molar-refractivity contribution is -0.121. The number of rotatable bonds is 5. The van der Waals surface area contributed by atoms with Gasteiger partial charge in [-0.1, -0.05) is 34.1 Å². The van der Waals surface area contributed by atoms with Gasteiger partial charge in [0.05, 0.1) is 12.1 Å². The molecule has 28 heavy (non-hydrogen) atoms. The summed E-state index contributed by atoms with van der Waals surface area (Å²) in [4.78, 5) is 14.5. The first kappa shape index (κ1) is 18.7. The van der Waals surface area contributed by atoms with Gasteiger partial charge >= 0.3 is 0 Å². The van der Waals surface area contributed by atoms with Crippen molar-refractivity contribution < 1.29 is 9.18 Å². The molecule has 1 saturated heterocycles. The number of nitrogens with one attached hydrogen (secondary N) is 2. The quantitative estimate of drug-likeness (QED) is 0.629. The fourth-order valence-corrected chi connectivity index (χ4v) is 3.86. The first-order chi connectivity index (χ1) is 13.6. The summed E-state index contributed by atoms with van der Waals surface area (Å²) in [7, 11) is 0. The van der Waals surface area contributed by atoms with Crippen LogP contribution in [0.2, 0.25) is 0 Å². The van der Waals surface area contributed by atoms with Crippen molar-refractivity contribution in [3.05, 3.63) is 70.5 Å². The van der Waals surface area contributed by atoms with Crippen LogP contribution in [0.15, 0.2) is 59.1 Å². The lowest BCUT2D eigenvalue weighted by Crippen LogP contribution is -2.38. The van der Waals surface area contributed by atoms with Gasteiger partial charge in [-0.3, -0.25) is 9.89 Å². The van der Waals surface area contributed by atoms with Crippen LogP contribution in [0, 0.1) is 5.82 Å². The van der Waals surface area contributed by atoms with Crippen LogP contribution in [0.1, 0.15) is 12.0 Å². The van der Waals surface area contributed by atoms with E-state index in [2.05, 4.69) is 36.3 Å². The maximum absolute atomic E-state index is 13.1. The number of nitrogens with zero attached hydrogens (tertiary/aromatic N) is 2. The second-order valence-corrected chi connectivity index (χ2v) is 7.77. The minimum atomic E-state index is -0.260. The Labute approximate surface area is 171 Å². The van der Waals surface area contributed by atoms with Crippen molar-refractivity contribution in [3.63, 3.8) is 0 Å². The lowest BCUT2D eigenvalue weighted by atomic mass is 10.1. The van der Waals surface area contributed by atoms with Crippen molar-refractivity contribution in [3.8, 4) is 11.3 Å². The Morgan fingerprint density at radius 2 is 2.04 bits per heavy atom. The molecular weight excluding hydrogens is 423 g/mol. The highest BCUT2D eigenvalue weighted by Crippen LogP contribution is 2.25. The van der Waals surface area contributed by atoms with Crippen LogP contribution in [-0.4, -0.2) is 35.2 Å². The maximum Gasteiger partial charge on any atom is 0.224 e. The summed E-state index contributed by atoms with van der Waals surface area (Å²) < 4.78 is 14.0. The van der Waals surface area contributed by atoms with E-state index in [1.54, 1.807) is 12.1 Å². The smallest absolute Gasteiger partial charge is 0.224 e. The topological polar surface area (TPSA) is 61.0 Å². The van der Waals surface area contributed by atoms with E-state index in [1.165, 1.54) is 12.1 Å². The molecule has 1 amide bonds. The van der Waals surface area contributed by atoms with E-state index < -0.39 is 0 Å². The number of carbonyl (C=O) groups excluding carboxylic acids is 1. The molecule has 0 unspecified atom stereocenters. The van der Waals surface area contributed by atoms with Crippen molar-refractivity contribution in [2.45, 2.75) is 18.9 Å². The zero-order chi connectivity index (χ0) is 19.5. The number of halogens is 2. The molecular formula is C21H20BrFN4O. The Balaban J connectivity index is 1.35. The molecule has 0 spiro atoms. The lowest BCUT2D eigenvalue weighted by Gasteiger charge is -2.16. The molecule has 5 nitrogen and oxygen atoms in total. The molecule has 1 aliphatic heterocycles. The molecule has 0 saturated carbocycles. The highest BCUT2D eigenvalue weighted by molar-refractivity contribution is 9.10. The average molecular weight is 443 g/mol. The van der Waals surface area contributed by atoms with Gasteiger partial charge < -0.3 is 10.2 Å². The summed E-state index contributed by atoms with van der Waals surface area (Å²) >= 11 is 3.48. The van der Waals surface area contributed by atoms with Gasteiger partial charge in [0.25, 0.3) is 0 Å². The van der Waals surface area contributed by atoms with Crippen LogP contribution in [-0.2, 0) is 11.2 Å². The summed E-state index contributed by atoms with van der Waals surface area (Å²) in [5.74, 6) is 0.596. The minimum Gasteiger partial charge on any atom is -0.353 e. The highest BCUT2D eigenvalue weighted by Gasteiger charge is 2.25. The monoisotopic (exact) mass is 442 g/mol. The second kappa shape index (κ2) is 8.14. The van der Waals surface area contributed by atoms with Crippen molar-refractivity contribution in [1.29, 1.82) is 0 Å². The van der Waals surface area contributed by atoms with Gasteiger partial charge in [-0.15, -0.1) is 0 Å². The van der Waals surface area contributed by atoms with Gasteiger partial charge in [0.1, 0.15) is 5.82 Å². The molecule has 1 atom stereocenters. The van der Waals surface area contributed by atoms with E-state index in [-0.39, 0.29) is 17.8 Å². The molecule has 0 radical (unpaired) electrons. The van der Waals surface area contributed by atoms with Crippen LogP contribution < -0.4 is 10.2 Å². The summed E-state index contributed by atoms with van der Waals surface area (Å²) in [6.07, 6.45) is 1.23. The van der Waals surface area contributed by atoms with Gasteiger partial charge in [0.2, 0.25) is 5.91 Å². The fourth-order valence-electron chi connectivity index (χ4n) is 3.43. The number of hydrogen-bond acceptors (Lipinski definition) is 3. The van der Waals surface area contributed by atoms with Gasteiger partial charge in [-0.25, -0.2) is 4.39 Å². The van der Waals surface area contributed by atoms with E-state index in [0.717, 1.165) is 46.6 Å². The SMILES string of the molecule is O=C(Cc1ccccc1Br)N[C@H]1CCN(c2cc(-c3ccc(F)cc3)[nH]n2)C1. The van der Waals surface area contributed by atoms with Gasteiger partial charge in [0, 0.05) is 29.7 Å². The number of carbonyl (C=O) groups is 1. The number of amides is 1. The van der Waals surface area contributed by atoms with Crippen LogP contribution in [0.4, 0.5) is 10.2 Å². The standard InChI is InChI=1S/C21H20BrFN4O/c22-18-4-2-1-3-15(18)11-21(28)24-17-9-10-27(13-17)20-12-19(25-26-20)14-5-7-16(23)8-6-14/h1-8,12,17H,9-11,13H2,(H,24,28)(H,25,26)/t17-/m0/s1. The first-order valence-corrected chi connectivity index (χ1v) is 9.97. The Morgan fingerprint density at radius 1 is 1.25 bits per heavy atom. The molecule has 4 rings (SSSR count). The van der Waals surface area contributed by atoms with Gasteiger partial charge in [-0.2, -0.15) is 5.10 Å². The molecule has 2 heterocycles. The third-order valence-electron chi connectivity index (χ3n) is 4.91. The minimum absolute atomic E-state index is 0.0211. The van der Waals surface area contributed by atoms with Crippen LogP contribution >= 0.6 is 15.9 Å². The molecule has 144 valence electrons. The third kappa shape index (κ3) is 4.25. The molecule has 1 aromatic heterocycles. The molecule has 2 aromatic carbocycles. The Morgan fingerprint density at radius 3 is 2.82 bits per heavy atom. The number of aromatic amines is 1. The summed E-state index contributed by atoms with van der Waals surface area (Å²) in [6.45, 7) is 1.54. The number of hydrogen-bond donors (Lipinski definition) is 2. The average Bonchev–Trinajstić information content (AvgIpc) is 3.34. The second-order valence-electron chi connectivity index (χ2n) is 6.91. The highest BCUT2D eigenvalue weighted by atomic mass is 79.9. The van der Waals surface area contributed by atoms with Crippen LogP contribution in [0.5, 0.6) is 0 Å². The van der Waals surface area contributed by atoms with Crippen LogP contribution in [0.25, 0.3) is 11.3 Å². The number of H-pyrrole nitrogens is 1. The van der Waals surface area contributed by atoms with Crippen molar-refractivity contribution >= 4 is 27.7 Å². The molecule has 2 N–H and O–H groups in total. The number of anilines is 1. The van der Waals surface area contributed by atoms with E-state index >= 15 is 0 Å². The molecule has 1 aliphatic rings. The van der Waals surface area contributed by atoms with Crippen molar-refractivity contribution in [2.75, 3.05) is 18.0 Å². The van der Waals surface area contributed by atoms with E-state index in [1.807, 2.05) is 30.3 Å². The zero-order valence-corrected chi connectivity index (χ0v) is 16.7. The maximum atomic E-state index is 13.1. The Hall–Kier alpha value is -2.67. The summed E-state index contributed by atoms with van der Waals surface area (Å²) in [6, 6.07) is 16.1. The van der Waals surface area contributed by atoms with Crippen LogP contribution in [0.3, 0.4) is 0 Å². The number of aromatic nitrogens is 2. The van der Waals surface area contributed by atoms with E-state index in [0.29, 0.717) is 6.42 Å². The Bertz CT molecular complexity index is 973. The molecule has 0 bridgehead atoms. The molecule has 1 fully saturated rings. The van der Waals surface area contributed by atoms with Gasteiger partial charge in [0.15, 0.2) is 5.82 Å². The largest absolute Gasteiger partial charge is 0.353 e.